The minimum atomic E-state index is -1.09. The Balaban J connectivity index is 2.16. The van der Waals surface area contributed by atoms with Gasteiger partial charge in [-0.1, -0.05) is 60.2 Å². The normalized spacial score (nSPS) is 12.4. The second kappa shape index (κ2) is 17.1. The monoisotopic (exact) mass is 599 g/mol. The smallest absolute Gasteiger partial charge is 0.243 e. The first-order valence-corrected chi connectivity index (χ1v) is 14.5. The highest BCUT2D eigenvalue weighted by Crippen LogP contribution is 2.08. The molecule has 0 saturated carbocycles. The zero-order valence-corrected chi connectivity index (χ0v) is 25.5. The van der Waals surface area contributed by atoms with Crippen molar-refractivity contribution in [1.29, 1.82) is 0 Å². The second-order valence-electron chi connectivity index (χ2n) is 11.1. The first-order valence-electron chi connectivity index (χ1n) is 14.0. The van der Waals surface area contributed by atoms with Gasteiger partial charge < -0.3 is 26.6 Å². The number of rotatable bonds is 15. The molecule has 0 saturated heterocycles. The number of halogens is 1. The molecule has 0 bridgehead atoms. The number of benzene rings is 2. The Morgan fingerprint density at radius 3 is 2.02 bits per heavy atom. The molecule has 0 unspecified atom stereocenters. The van der Waals surface area contributed by atoms with Gasteiger partial charge in [-0.15, -0.1) is 11.6 Å². The molecule has 5 N–H and O–H groups in total. The standard InChI is InChI=1S/C31H42ClN5O5/c1-21-10-12-23(13-11-21)20-34-29(41)25(18-22-8-6-5-7-9-22)36-30(42)24(14-15-27(39)37-31(2,3)4)35-26(38)16-17-33-28(40)19-32/h5-13,24-25H,14-20H2,1-4H3,(H,33,40)(H,34,41)(H,35,38)(H,36,42)(H,37,39)/t24-,25+/m0/s1. The molecule has 0 fully saturated rings. The Kier molecular flexibility index (Phi) is 14.0. The summed E-state index contributed by atoms with van der Waals surface area (Å²) < 4.78 is 0. The SMILES string of the molecule is Cc1ccc(CNC(=O)[C@@H](Cc2ccccc2)NC(=O)[C@H](CCC(=O)NC(C)(C)C)NC(=O)CCNC(=O)CCl)cc1. The third-order valence-corrected chi connectivity index (χ3v) is 6.37. The number of alkyl halides is 1. The van der Waals surface area contributed by atoms with E-state index in [1.807, 2.05) is 82.3 Å². The van der Waals surface area contributed by atoms with Gasteiger partial charge in [0.1, 0.15) is 18.0 Å². The van der Waals surface area contributed by atoms with E-state index in [1.165, 1.54) is 0 Å². The fraction of sp³-hybridized carbons (Fsp3) is 0.452. The predicted octanol–water partition coefficient (Wildman–Crippen LogP) is 2.26. The molecule has 0 aromatic heterocycles. The quantitative estimate of drug-likeness (QED) is 0.199. The summed E-state index contributed by atoms with van der Waals surface area (Å²) in [7, 11) is 0. The molecule has 228 valence electrons. The van der Waals surface area contributed by atoms with Crippen molar-refractivity contribution in [3.8, 4) is 0 Å². The number of carbonyl (C=O) groups is 5. The maximum atomic E-state index is 13.5. The lowest BCUT2D eigenvalue weighted by atomic mass is 10.0. The van der Waals surface area contributed by atoms with Gasteiger partial charge >= 0.3 is 0 Å². The van der Waals surface area contributed by atoms with Gasteiger partial charge in [0.15, 0.2) is 0 Å². The van der Waals surface area contributed by atoms with Crippen LogP contribution in [-0.4, -0.2) is 59.6 Å². The minimum Gasteiger partial charge on any atom is -0.355 e. The van der Waals surface area contributed by atoms with E-state index in [0.717, 1.165) is 16.7 Å². The highest BCUT2D eigenvalue weighted by molar-refractivity contribution is 6.27. The van der Waals surface area contributed by atoms with Gasteiger partial charge in [-0.25, -0.2) is 0 Å². The zero-order valence-electron chi connectivity index (χ0n) is 24.7. The van der Waals surface area contributed by atoms with Crippen LogP contribution < -0.4 is 26.6 Å². The number of aryl methyl sites for hydroxylation is 1. The van der Waals surface area contributed by atoms with Crippen molar-refractivity contribution in [1.82, 2.24) is 26.6 Å². The predicted molar refractivity (Wildman–Crippen MR) is 163 cm³/mol. The molecule has 0 aliphatic heterocycles. The van der Waals surface area contributed by atoms with Crippen LogP contribution in [0.5, 0.6) is 0 Å². The molecule has 2 rings (SSSR count). The molecule has 10 nitrogen and oxygen atoms in total. The Morgan fingerprint density at radius 2 is 1.40 bits per heavy atom. The number of carbonyl (C=O) groups excluding carboxylic acids is 5. The lowest BCUT2D eigenvalue weighted by molar-refractivity contribution is -0.133. The molecule has 11 heteroatoms. The Bertz CT molecular complexity index is 1200. The molecular weight excluding hydrogens is 558 g/mol. The van der Waals surface area contributed by atoms with Gasteiger partial charge in [0, 0.05) is 37.9 Å². The number of nitrogens with one attached hydrogen (secondary N) is 5. The lowest BCUT2D eigenvalue weighted by Crippen LogP contribution is -2.54. The van der Waals surface area contributed by atoms with E-state index < -0.39 is 35.3 Å². The number of amides is 5. The van der Waals surface area contributed by atoms with Gasteiger partial charge in [-0.3, -0.25) is 24.0 Å². The Hall–Kier alpha value is -3.92. The van der Waals surface area contributed by atoms with Gasteiger partial charge in [0.2, 0.25) is 29.5 Å². The van der Waals surface area contributed by atoms with Gasteiger partial charge in [-0.2, -0.15) is 0 Å². The van der Waals surface area contributed by atoms with Crippen molar-refractivity contribution in [3.05, 3.63) is 71.3 Å². The summed E-state index contributed by atoms with van der Waals surface area (Å²) in [6.45, 7) is 7.82. The summed E-state index contributed by atoms with van der Waals surface area (Å²) in [5.41, 5.74) is 2.39. The van der Waals surface area contributed by atoms with E-state index in [1.54, 1.807) is 0 Å². The molecule has 0 aliphatic carbocycles. The average Bonchev–Trinajstić information content (AvgIpc) is 2.93. The summed E-state index contributed by atoms with van der Waals surface area (Å²) in [5.74, 6) is -2.40. The van der Waals surface area contributed by atoms with Crippen molar-refractivity contribution >= 4 is 41.1 Å². The molecule has 0 aliphatic rings. The molecule has 0 radical (unpaired) electrons. The van der Waals surface area contributed by atoms with Gasteiger partial charge in [0.25, 0.3) is 0 Å². The molecule has 0 spiro atoms. The van der Waals surface area contributed by atoms with E-state index in [9.17, 15) is 24.0 Å². The van der Waals surface area contributed by atoms with E-state index in [4.69, 9.17) is 11.6 Å². The van der Waals surface area contributed by atoms with Crippen molar-refractivity contribution < 1.29 is 24.0 Å². The summed E-state index contributed by atoms with van der Waals surface area (Å²) in [6, 6.07) is 15.0. The highest BCUT2D eigenvalue weighted by Gasteiger charge is 2.28. The van der Waals surface area contributed by atoms with E-state index in [-0.39, 0.29) is 56.5 Å². The maximum Gasteiger partial charge on any atom is 0.243 e. The maximum absolute atomic E-state index is 13.5. The van der Waals surface area contributed by atoms with Crippen molar-refractivity contribution in [2.24, 2.45) is 0 Å². The minimum absolute atomic E-state index is 0.0105. The van der Waals surface area contributed by atoms with E-state index in [2.05, 4.69) is 26.6 Å². The van der Waals surface area contributed by atoms with Gasteiger partial charge in [-0.05, 0) is 45.2 Å². The van der Waals surface area contributed by atoms with Crippen LogP contribution in [-0.2, 0) is 36.9 Å². The van der Waals surface area contributed by atoms with E-state index >= 15 is 0 Å². The van der Waals surface area contributed by atoms with Crippen molar-refractivity contribution in [2.75, 3.05) is 12.4 Å². The van der Waals surface area contributed by atoms with Crippen LogP contribution in [0.25, 0.3) is 0 Å². The largest absolute Gasteiger partial charge is 0.355 e. The number of hydrogen-bond acceptors (Lipinski definition) is 5. The third-order valence-electron chi connectivity index (χ3n) is 6.12. The highest BCUT2D eigenvalue weighted by atomic mass is 35.5. The summed E-state index contributed by atoms with van der Waals surface area (Å²) in [6.07, 6.45) is 0.116. The fourth-order valence-electron chi connectivity index (χ4n) is 4.00. The molecule has 0 heterocycles. The van der Waals surface area contributed by atoms with Crippen LogP contribution >= 0.6 is 11.6 Å². The van der Waals surface area contributed by atoms with Crippen LogP contribution in [0.4, 0.5) is 0 Å². The van der Waals surface area contributed by atoms with Crippen LogP contribution in [0.15, 0.2) is 54.6 Å². The van der Waals surface area contributed by atoms with Crippen LogP contribution in [0.1, 0.15) is 56.7 Å². The zero-order chi connectivity index (χ0) is 31.1. The van der Waals surface area contributed by atoms with Crippen LogP contribution in [0, 0.1) is 6.92 Å². The molecular formula is C31H42ClN5O5. The van der Waals surface area contributed by atoms with Crippen molar-refractivity contribution in [2.45, 2.75) is 77.5 Å². The summed E-state index contributed by atoms with van der Waals surface area (Å²) in [4.78, 5) is 63.3. The fourth-order valence-corrected chi connectivity index (χ4v) is 4.10. The second-order valence-corrected chi connectivity index (χ2v) is 11.4. The Morgan fingerprint density at radius 1 is 0.738 bits per heavy atom. The summed E-state index contributed by atoms with van der Waals surface area (Å²) >= 11 is 5.47. The molecule has 2 aromatic rings. The molecule has 2 atom stereocenters. The summed E-state index contributed by atoms with van der Waals surface area (Å²) in [5, 5.41) is 13.7. The topological polar surface area (TPSA) is 146 Å². The lowest BCUT2D eigenvalue weighted by Gasteiger charge is -2.24. The van der Waals surface area contributed by atoms with E-state index in [0.29, 0.717) is 0 Å². The molecule has 42 heavy (non-hydrogen) atoms. The molecule has 5 amide bonds. The van der Waals surface area contributed by atoms with Crippen LogP contribution in [0.3, 0.4) is 0 Å². The first kappa shape index (κ1) is 34.3. The van der Waals surface area contributed by atoms with Gasteiger partial charge in [0.05, 0.1) is 0 Å². The average molecular weight is 600 g/mol. The third kappa shape index (κ3) is 13.6. The Labute approximate surface area is 252 Å². The molecule has 2 aromatic carbocycles. The van der Waals surface area contributed by atoms with Crippen molar-refractivity contribution in [3.63, 3.8) is 0 Å². The number of hydrogen-bond donors (Lipinski definition) is 5. The first-order chi connectivity index (χ1) is 19.9. The van der Waals surface area contributed by atoms with Crippen LogP contribution in [0.2, 0.25) is 0 Å².